The number of rotatable bonds is 6. The molecule has 0 saturated heterocycles. The number of hydrogen-bond acceptors (Lipinski definition) is 5. The number of H-pyrrole nitrogens is 1. The Balaban J connectivity index is 1.50. The van der Waals surface area contributed by atoms with Gasteiger partial charge in [0.2, 0.25) is 11.1 Å². The third-order valence-electron chi connectivity index (χ3n) is 4.93. The Morgan fingerprint density at radius 2 is 1.93 bits per heavy atom. The molecular formula is C20H27N5O2S. The number of aryl methyl sites for hydroxylation is 1. The summed E-state index contributed by atoms with van der Waals surface area (Å²) in [5, 5.41) is 12.4. The third kappa shape index (κ3) is 5.58. The summed E-state index contributed by atoms with van der Waals surface area (Å²) >= 11 is 1.22. The fourth-order valence-corrected chi connectivity index (χ4v) is 3.94. The topological polar surface area (TPSA) is 99.8 Å². The molecule has 0 radical (unpaired) electrons. The first-order valence-corrected chi connectivity index (χ1v) is 10.7. The maximum absolute atomic E-state index is 12.3. The average Bonchev–Trinajstić information content (AvgIpc) is 3.17. The number of hydrogen-bond donors (Lipinski definition) is 3. The van der Waals surface area contributed by atoms with Crippen molar-refractivity contribution in [3.05, 3.63) is 29.8 Å². The molecule has 0 spiro atoms. The molecule has 1 saturated carbocycles. The fourth-order valence-electron chi connectivity index (χ4n) is 3.22. The van der Waals surface area contributed by atoms with E-state index < -0.39 is 11.3 Å². The number of amides is 3. The molecule has 1 atom stereocenters. The Hall–Kier alpha value is -2.35. The van der Waals surface area contributed by atoms with Crippen LogP contribution in [0.2, 0.25) is 0 Å². The number of urea groups is 1. The summed E-state index contributed by atoms with van der Waals surface area (Å²) in [4.78, 5) is 28.8. The summed E-state index contributed by atoms with van der Waals surface area (Å²) in [6.45, 7) is 3.85. The number of nitrogens with zero attached hydrogens (tertiary/aromatic N) is 2. The molecule has 1 aliphatic carbocycles. The quantitative estimate of drug-likeness (QED) is 0.641. The predicted octanol–water partition coefficient (Wildman–Crippen LogP) is 3.67. The molecule has 3 rings (SSSR count). The van der Waals surface area contributed by atoms with Crippen molar-refractivity contribution < 1.29 is 9.59 Å². The number of aromatic amines is 1. The zero-order chi connectivity index (χ0) is 19.9. The number of thioether (sulfide) groups is 1. The van der Waals surface area contributed by atoms with Crippen molar-refractivity contribution >= 4 is 23.7 Å². The molecule has 1 aromatic heterocycles. The summed E-state index contributed by atoms with van der Waals surface area (Å²) in [7, 11) is 0. The minimum absolute atomic E-state index is 0.166. The van der Waals surface area contributed by atoms with Gasteiger partial charge in [-0.2, -0.15) is 0 Å². The fraction of sp³-hybridized carbons (Fsp3) is 0.500. The monoisotopic (exact) mass is 401 g/mol. The van der Waals surface area contributed by atoms with E-state index in [0.717, 1.165) is 37.7 Å². The van der Waals surface area contributed by atoms with Gasteiger partial charge in [-0.1, -0.05) is 62.2 Å². The Labute approximate surface area is 169 Å². The van der Waals surface area contributed by atoms with Crippen LogP contribution >= 0.6 is 11.8 Å². The molecule has 0 aliphatic heterocycles. The number of imide groups is 1. The molecule has 8 heteroatoms. The Bertz CT molecular complexity index is 799. The van der Waals surface area contributed by atoms with Gasteiger partial charge in [0, 0.05) is 11.6 Å². The zero-order valence-electron chi connectivity index (χ0n) is 16.3. The predicted molar refractivity (Wildman–Crippen MR) is 110 cm³/mol. The van der Waals surface area contributed by atoms with Crippen LogP contribution in [0.3, 0.4) is 0 Å². The van der Waals surface area contributed by atoms with Gasteiger partial charge < -0.3 is 5.32 Å². The van der Waals surface area contributed by atoms with Crippen molar-refractivity contribution in [2.45, 2.75) is 68.8 Å². The highest BCUT2D eigenvalue weighted by molar-refractivity contribution is 8.00. The molecule has 3 N–H and O–H groups in total. The lowest BCUT2D eigenvalue weighted by molar-refractivity contribution is -0.119. The second kappa shape index (κ2) is 9.73. The number of benzene rings is 1. The first-order chi connectivity index (χ1) is 13.5. The minimum atomic E-state index is -0.483. The number of carbonyl (C=O) groups is 2. The van der Waals surface area contributed by atoms with E-state index in [9.17, 15) is 9.59 Å². The average molecular weight is 402 g/mol. The highest BCUT2D eigenvalue weighted by atomic mass is 32.2. The van der Waals surface area contributed by atoms with E-state index in [1.54, 1.807) is 6.92 Å². The molecule has 0 unspecified atom stereocenters. The van der Waals surface area contributed by atoms with Gasteiger partial charge in [0.25, 0.3) is 0 Å². The van der Waals surface area contributed by atoms with Crippen molar-refractivity contribution in [1.29, 1.82) is 0 Å². The Kier molecular flexibility index (Phi) is 7.08. The van der Waals surface area contributed by atoms with Gasteiger partial charge in [-0.3, -0.25) is 15.2 Å². The van der Waals surface area contributed by atoms with Crippen LogP contribution < -0.4 is 10.6 Å². The molecule has 28 heavy (non-hydrogen) atoms. The smallest absolute Gasteiger partial charge is 0.321 e. The molecule has 1 fully saturated rings. The van der Waals surface area contributed by atoms with Crippen LogP contribution in [0.4, 0.5) is 4.79 Å². The van der Waals surface area contributed by atoms with Gasteiger partial charge in [0.15, 0.2) is 5.82 Å². The van der Waals surface area contributed by atoms with Crippen LogP contribution in [0.15, 0.2) is 29.4 Å². The van der Waals surface area contributed by atoms with E-state index in [-0.39, 0.29) is 11.9 Å². The van der Waals surface area contributed by atoms with Gasteiger partial charge in [0.1, 0.15) is 0 Å². The molecule has 1 aliphatic rings. The van der Waals surface area contributed by atoms with E-state index >= 15 is 0 Å². The molecule has 7 nitrogen and oxygen atoms in total. The van der Waals surface area contributed by atoms with E-state index in [0.29, 0.717) is 11.0 Å². The third-order valence-corrected chi connectivity index (χ3v) is 5.89. The molecule has 3 amide bonds. The second-order valence-electron chi connectivity index (χ2n) is 7.07. The van der Waals surface area contributed by atoms with Crippen LogP contribution in [0.1, 0.15) is 51.5 Å². The molecule has 2 aromatic rings. The number of aromatic nitrogens is 3. The summed E-state index contributed by atoms with van der Waals surface area (Å²) in [5.74, 6) is 0.310. The van der Waals surface area contributed by atoms with Crippen LogP contribution in [0.5, 0.6) is 0 Å². The van der Waals surface area contributed by atoms with Crippen molar-refractivity contribution in [3.8, 4) is 11.4 Å². The summed E-state index contributed by atoms with van der Waals surface area (Å²) in [6.07, 6.45) is 6.40. The number of carbonyl (C=O) groups excluding carboxylic acids is 2. The van der Waals surface area contributed by atoms with Gasteiger partial charge in [-0.15, -0.1) is 5.10 Å². The summed E-state index contributed by atoms with van der Waals surface area (Å²) in [5.41, 5.74) is 2.20. The normalized spacial score (nSPS) is 15.8. The second-order valence-corrected chi connectivity index (χ2v) is 8.38. The van der Waals surface area contributed by atoms with E-state index in [1.807, 2.05) is 12.1 Å². The first kappa shape index (κ1) is 20.4. The minimum Gasteiger partial charge on any atom is -0.335 e. The van der Waals surface area contributed by atoms with Gasteiger partial charge >= 0.3 is 6.03 Å². The van der Waals surface area contributed by atoms with Crippen molar-refractivity contribution in [3.63, 3.8) is 0 Å². The lowest BCUT2D eigenvalue weighted by Gasteiger charge is -2.22. The summed E-state index contributed by atoms with van der Waals surface area (Å²) in [6, 6.07) is 7.87. The van der Waals surface area contributed by atoms with Crippen LogP contribution in [-0.4, -0.2) is 38.4 Å². The summed E-state index contributed by atoms with van der Waals surface area (Å²) < 4.78 is 0. The van der Waals surface area contributed by atoms with Gasteiger partial charge in [0.05, 0.1) is 5.25 Å². The standard InChI is InChI=1S/C20H27N5O2S/c1-3-14-9-11-15(12-10-14)17-22-20(25-24-17)28-13(2)18(26)23-19(27)21-16-7-5-4-6-8-16/h9-13,16H,3-8H2,1-2H3,(H,22,24,25)(H2,21,23,26,27)/t13-/m0/s1. The molecule has 150 valence electrons. The van der Waals surface area contributed by atoms with E-state index in [1.165, 1.54) is 23.7 Å². The zero-order valence-corrected chi connectivity index (χ0v) is 17.1. The van der Waals surface area contributed by atoms with E-state index in [2.05, 4.69) is 44.9 Å². The van der Waals surface area contributed by atoms with Crippen LogP contribution in [0, 0.1) is 0 Å². The molecule has 1 heterocycles. The highest BCUT2D eigenvalue weighted by Gasteiger charge is 2.21. The molecular weight excluding hydrogens is 374 g/mol. The Morgan fingerprint density at radius 3 is 2.61 bits per heavy atom. The van der Waals surface area contributed by atoms with Crippen molar-refractivity contribution in [2.75, 3.05) is 0 Å². The van der Waals surface area contributed by atoms with Gasteiger partial charge in [-0.05, 0) is 31.7 Å². The lowest BCUT2D eigenvalue weighted by Crippen LogP contribution is -2.47. The van der Waals surface area contributed by atoms with Gasteiger partial charge in [-0.25, -0.2) is 9.78 Å². The van der Waals surface area contributed by atoms with Crippen molar-refractivity contribution in [2.24, 2.45) is 0 Å². The van der Waals surface area contributed by atoms with Crippen LogP contribution in [0.25, 0.3) is 11.4 Å². The largest absolute Gasteiger partial charge is 0.335 e. The van der Waals surface area contributed by atoms with Crippen molar-refractivity contribution in [1.82, 2.24) is 25.8 Å². The van der Waals surface area contributed by atoms with Crippen LogP contribution in [-0.2, 0) is 11.2 Å². The first-order valence-electron chi connectivity index (χ1n) is 9.85. The molecule has 0 bridgehead atoms. The lowest BCUT2D eigenvalue weighted by atomic mass is 9.96. The number of nitrogens with one attached hydrogen (secondary N) is 3. The maximum Gasteiger partial charge on any atom is 0.321 e. The highest BCUT2D eigenvalue weighted by Crippen LogP contribution is 2.23. The maximum atomic E-state index is 12.3. The SMILES string of the molecule is CCc1ccc(-c2nc(S[C@@H](C)C(=O)NC(=O)NC3CCCCC3)n[nH]2)cc1. The van der Waals surface area contributed by atoms with E-state index in [4.69, 9.17) is 0 Å². The Morgan fingerprint density at radius 1 is 1.21 bits per heavy atom. The molecule has 1 aromatic carbocycles.